The van der Waals surface area contributed by atoms with E-state index >= 15 is 0 Å². The normalized spacial score (nSPS) is 10.6. The molecule has 0 spiro atoms. The molecule has 0 radical (unpaired) electrons. The number of nitrogens with zero attached hydrogens (tertiary/aromatic N) is 1. The lowest BCUT2D eigenvalue weighted by Gasteiger charge is -2.22. The molecule has 21 heavy (non-hydrogen) atoms. The van der Waals surface area contributed by atoms with Crippen LogP contribution in [0.1, 0.15) is 42.2 Å². The predicted octanol–water partition coefficient (Wildman–Crippen LogP) is 4.61. The molecule has 0 aliphatic carbocycles. The first kappa shape index (κ1) is 15.8. The fraction of sp³-hybridized carbons (Fsp3) is 0.353. The van der Waals surface area contributed by atoms with Gasteiger partial charge in [-0.25, -0.2) is 0 Å². The SMILES string of the molecule is CCCCCN(Cc1ccccc1)C(=O)c1cc(Br)c[nH]1. The van der Waals surface area contributed by atoms with Crippen LogP contribution in [0.4, 0.5) is 0 Å². The Labute approximate surface area is 134 Å². The van der Waals surface area contributed by atoms with Crippen molar-refractivity contribution in [1.29, 1.82) is 0 Å². The highest BCUT2D eigenvalue weighted by Gasteiger charge is 2.17. The molecule has 0 saturated carbocycles. The van der Waals surface area contributed by atoms with Gasteiger partial charge in [0.2, 0.25) is 0 Å². The van der Waals surface area contributed by atoms with Gasteiger partial charge >= 0.3 is 0 Å². The number of halogens is 1. The molecule has 4 heteroatoms. The standard InChI is InChI=1S/C17H21BrN2O/c1-2-3-7-10-20(13-14-8-5-4-6-9-14)17(21)16-11-15(18)12-19-16/h4-6,8-9,11-12,19H,2-3,7,10,13H2,1H3. The third-order valence-corrected chi connectivity index (χ3v) is 3.87. The number of aromatic nitrogens is 1. The second kappa shape index (κ2) is 8.03. The summed E-state index contributed by atoms with van der Waals surface area (Å²) in [6, 6.07) is 12.0. The Kier molecular flexibility index (Phi) is 6.05. The second-order valence-corrected chi connectivity index (χ2v) is 6.07. The van der Waals surface area contributed by atoms with E-state index < -0.39 is 0 Å². The minimum absolute atomic E-state index is 0.0562. The highest BCUT2D eigenvalue weighted by atomic mass is 79.9. The maximum Gasteiger partial charge on any atom is 0.270 e. The molecule has 3 nitrogen and oxygen atoms in total. The average Bonchev–Trinajstić information content (AvgIpc) is 2.93. The van der Waals surface area contributed by atoms with Crippen molar-refractivity contribution >= 4 is 21.8 Å². The maximum absolute atomic E-state index is 12.6. The zero-order valence-electron chi connectivity index (χ0n) is 12.3. The second-order valence-electron chi connectivity index (χ2n) is 5.15. The van der Waals surface area contributed by atoms with Crippen LogP contribution < -0.4 is 0 Å². The Bertz CT molecular complexity index is 565. The molecular weight excluding hydrogens is 328 g/mol. The number of carbonyl (C=O) groups excluding carboxylic acids is 1. The van der Waals surface area contributed by atoms with Crippen molar-refractivity contribution in [2.24, 2.45) is 0 Å². The molecule has 112 valence electrons. The van der Waals surface area contributed by atoms with Crippen molar-refractivity contribution in [3.8, 4) is 0 Å². The summed E-state index contributed by atoms with van der Waals surface area (Å²) >= 11 is 3.38. The van der Waals surface area contributed by atoms with Crippen LogP contribution in [0, 0.1) is 0 Å². The smallest absolute Gasteiger partial charge is 0.270 e. The van der Waals surface area contributed by atoms with E-state index in [2.05, 4.69) is 40.0 Å². The van der Waals surface area contributed by atoms with Gasteiger partial charge in [0.15, 0.2) is 0 Å². The summed E-state index contributed by atoms with van der Waals surface area (Å²) in [6.45, 7) is 3.61. The van der Waals surface area contributed by atoms with Gasteiger partial charge in [-0.05, 0) is 34.0 Å². The molecule has 0 aliphatic rings. The molecular formula is C17H21BrN2O. The highest BCUT2D eigenvalue weighted by molar-refractivity contribution is 9.10. The zero-order valence-corrected chi connectivity index (χ0v) is 13.9. The van der Waals surface area contributed by atoms with Crippen molar-refractivity contribution < 1.29 is 4.79 Å². The summed E-state index contributed by atoms with van der Waals surface area (Å²) < 4.78 is 0.902. The van der Waals surface area contributed by atoms with E-state index in [1.807, 2.05) is 29.2 Å². The number of hydrogen-bond acceptors (Lipinski definition) is 1. The molecule has 0 bridgehead atoms. The molecule has 1 amide bonds. The van der Waals surface area contributed by atoms with Gasteiger partial charge < -0.3 is 9.88 Å². The first-order valence-corrected chi connectivity index (χ1v) is 8.17. The maximum atomic E-state index is 12.6. The highest BCUT2D eigenvalue weighted by Crippen LogP contribution is 2.15. The molecule has 2 aromatic rings. The molecule has 1 N–H and O–H groups in total. The quantitative estimate of drug-likeness (QED) is 0.728. The average molecular weight is 349 g/mol. The van der Waals surface area contributed by atoms with E-state index in [0.29, 0.717) is 12.2 Å². The molecule has 2 rings (SSSR count). The van der Waals surface area contributed by atoms with E-state index in [1.54, 1.807) is 6.20 Å². The number of unbranched alkanes of at least 4 members (excludes halogenated alkanes) is 2. The van der Waals surface area contributed by atoms with Crippen LogP contribution in [-0.2, 0) is 6.54 Å². The van der Waals surface area contributed by atoms with Crippen LogP contribution in [-0.4, -0.2) is 22.3 Å². The van der Waals surface area contributed by atoms with Crippen LogP contribution in [0.5, 0.6) is 0 Å². The summed E-state index contributed by atoms with van der Waals surface area (Å²) in [4.78, 5) is 17.6. The first-order valence-electron chi connectivity index (χ1n) is 7.38. The van der Waals surface area contributed by atoms with Gasteiger partial charge in [-0.3, -0.25) is 4.79 Å². The molecule has 0 fully saturated rings. The Morgan fingerprint density at radius 1 is 1.24 bits per heavy atom. The largest absolute Gasteiger partial charge is 0.356 e. The number of rotatable bonds is 7. The number of benzene rings is 1. The Balaban J connectivity index is 2.09. The van der Waals surface area contributed by atoms with Gasteiger partial charge in [-0.1, -0.05) is 50.1 Å². The van der Waals surface area contributed by atoms with Crippen LogP contribution in [0.25, 0.3) is 0 Å². The molecule has 1 aromatic heterocycles. The lowest BCUT2D eigenvalue weighted by atomic mass is 10.2. The number of amides is 1. The number of aromatic amines is 1. The summed E-state index contributed by atoms with van der Waals surface area (Å²) in [5, 5.41) is 0. The Hall–Kier alpha value is -1.55. The number of nitrogens with one attached hydrogen (secondary N) is 1. The van der Waals surface area contributed by atoms with Gasteiger partial charge in [0, 0.05) is 23.8 Å². The Morgan fingerprint density at radius 2 is 2.00 bits per heavy atom. The lowest BCUT2D eigenvalue weighted by Crippen LogP contribution is -2.31. The molecule has 1 heterocycles. The van der Waals surface area contributed by atoms with Gasteiger partial charge in [-0.15, -0.1) is 0 Å². The fourth-order valence-corrected chi connectivity index (χ4v) is 2.61. The van der Waals surface area contributed by atoms with Crippen LogP contribution in [0.3, 0.4) is 0 Å². The number of carbonyl (C=O) groups is 1. The summed E-state index contributed by atoms with van der Waals surface area (Å²) in [5.41, 5.74) is 1.79. The van der Waals surface area contributed by atoms with Crippen molar-refractivity contribution in [2.75, 3.05) is 6.54 Å². The van der Waals surface area contributed by atoms with Crippen LogP contribution >= 0.6 is 15.9 Å². The van der Waals surface area contributed by atoms with Crippen LogP contribution in [0.2, 0.25) is 0 Å². The molecule has 0 aliphatic heterocycles. The van der Waals surface area contributed by atoms with E-state index in [1.165, 1.54) is 0 Å². The lowest BCUT2D eigenvalue weighted by molar-refractivity contribution is 0.0735. The third kappa shape index (κ3) is 4.74. The topological polar surface area (TPSA) is 36.1 Å². The van der Waals surface area contributed by atoms with Gasteiger partial charge in [0.1, 0.15) is 5.69 Å². The first-order chi connectivity index (χ1) is 10.2. The number of H-pyrrole nitrogens is 1. The van der Waals surface area contributed by atoms with Crippen LogP contribution in [0.15, 0.2) is 47.1 Å². The predicted molar refractivity (Wildman–Crippen MR) is 89.2 cm³/mol. The Morgan fingerprint density at radius 3 is 2.62 bits per heavy atom. The van der Waals surface area contributed by atoms with Gasteiger partial charge in [0.25, 0.3) is 5.91 Å². The van der Waals surface area contributed by atoms with Gasteiger partial charge in [-0.2, -0.15) is 0 Å². The molecule has 1 aromatic carbocycles. The third-order valence-electron chi connectivity index (χ3n) is 3.41. The summed E-state index contributed by atoms with van der Waals surface area (Å²) in [5.74, 6) is 0.0562. The van der Waals surface area contributed by atoms with Crippen molar-refractivity contribution in [2.45, 2.75) is 32.7 Å². The van der Waals surface area contributed by atoms with E-state index in [-0.39, 0.29) is 5.91 Å². The molecule has 0 unspecified atom stereocenters. The fourth-order valence-electron chi connectivity index (χ4n) is 2.27. The van der Waals surface area contributed by atoms with Crippen molar-refractivity contribution in [1.82, 2.24) is 9.88 Å². The molecule has 0 atom stereocenters. The van der Waals surface area contributed by atoms with E-state index in [4.69, 9.17) is 0 Å². The number of hydrogen-bond donors (Lipinski definition) is 1. The summed E-state index contributed by atoms with van der Waals surface area (Å²) in [6.07, 6.45) is 5.13. The monoisotopic (exact) mass is 348 g/mol. The van der Waals surface area contributed by atoms with Gasteiger partial charge in [0.05, 0.1) is 0 Å². The summed E-state index contributed by atoms with van der Waals surface area (Å²) in [7, 11) is 0. The molecule has 0 saturated heterocycles. The van der Waals surface area contributed by atoms with E-state index in [0.717, 1.165) is 35.8 Å². The zero-order chi connectivity index (χ0) is 15.1. The van der Waals surface area contributed by atoms with E-state index in [9.17, 15) is 4.79 Å². The van der Waals surface area contributed by atoms with Crippen molar-refractivity contribution in [3.63, 3.8) is 0 Å². The minimum Gasteiger partial charge on any atom is -0.356 e. The van der Waals surface area contributed by atoms with Crippen molar-refractivity contribution in [3.05, 3.63) is 58.3 Å². The minimum atomic E-state index is 0.0562.